The van der Waals surface area contributed by atoms with Gasteiger partial charge in [0.25, 0.3) is 0 Å². The molecule has 0 spiro atoms. The number of halogens is 1. The second kappa shape index (κ2) is 6.61. The van der Waals surface area contributed by atoms with Crippen molar-refractivity contribution >= 4 is 21.9 Å². The Hall–Kier alpha value is -1.07. The molecule has 0 saturated carbocycles. The summed E-state index contributed by atoms with van der Waals surface area (Å²) < 4.78 is 11.1. The minimum atomic E-state index is -0.397. The molecule has 0 saturated heterocycles. The van der Waals surface area contributed by atoms with E-state index in [2.05, 4.69) is 15.9 Å². The van der Waals surface area contributed by atoms with Crippen LogP contribution < -0.4 is 4.74 Å². The predicted molar refractivity (Wildman–Crippen MR) is 69.5 cm³/mol. The Morgan fingerprint density at radius 1 is 1.41 bits per heavy atom. The van der Waals surface area contributed by atoms with Gasteiger partial charge in [-0.05, 0) is 32.3 Å². The van der Waals surface area contributed by atoms with E-state index >= 15 is 0 Å². The second-order valence-electron chi connectivity index (χ2n) is 3.78. The van der Waals surface area contributed by atoms with Gasteiger partial charge in [0.1, 0.15) is 17.9 Å². The van der Waals surface area contributed by atoms with E-state index in [1.165, 1.54) is 7.11 Å². The number of likely N-dealkylation sites (N-methyl/N-ethyl adjacent to an activating group) is 1. The van der Waals surface area contributed by atoms with Crippen molar-refractivity contribution in [2.24, 2.45) is 0 Å². The molecule has 0 amide bonds. The highest BCUT2D eigenvalue weighted by molar-refractivity contribution is 9.10. The van der Waals surface area contributed by atoms with Crippen LogP contribution in [-0.4, -0.2) is 45.2 Å². The molecule has 1 aromatic carbocycles. The third-order valence-corrected chi connectivity index (χ3v) is 2.64. The van der Waals surface area contributed by atoms with Crippen LogP contribution in [0.2, 0.25) is 0 Å². The third-order valence-electron chi connectivity index (χ3n) is 2.14. The first-order chi connectivity index (χ1) is 8.04. The van der Waals surface area contributed by atoms with Crippen molar-refractivity contribution in [2.45, 2.75) is 0 Å². The maximum Gasteiger partial charge on any atom is 0.341 e. The number of carbonyl (C=O) groups excluding carboxylic acids is 1. The normalized spacial score (nSPS) is 10.4. The molecule has 94 valence electrons. The average Bonchev–Trinajstić information content (AvgIpc) is 2.29. The first-order valence-electron chi connectivity index (χ1n) is 5.20. The van der Waals surface area contributed by atoms with Gasteiger partial charge in [0.2, 0.25) is 0 Å². The van der Waals surface area contributed by atoms with Crippen LogP contribution in [0.15, 0.2) is 22.7 Å². The van der Waals surface area contributed by atoms with Gasteiger partial charge in [-0.2, -0.15) is 0 Å². The minimum Gasteiger partial charge on any atom is -0.491 e. The molecule has 0 fully saturated rings. The Morgan fingerprint density at radius 3 is 2.71 bits per heavy atom. The van der Waals surface area contributed by atoms with E-state index in [1.54, 1.807) is 12.1 Å². The molecule has 0 bridgehead atoms. The summed E-state index contributed by atoms with van der Waals surface area (Å²) in [6.45, 7) is 1.31. The van der Waals surface area contributed by atoms with Crippen LogP contribution in [0.25, 0.3) is 0 Å². The molecule has 0 N–H and O–H groups in total. The zero-order chi connectivity index (χ0) is 12.8. The number of esters is 1. The quantitative estimate of drug-likeness (QED) is 0.782. The van der Waals surface area contributed by atoms with Gasteiger partial charge in [-0.25, -0.2) is 4.79 Å². The fourth-order valence-corrected chi connectivity index (χ4v) is 1.60. The van der Waals surface area contributed by atoms with E-state index in [0.717, 1.165) is 11.0 Å². The maximum absolute atomic E-state index is 11.6. The van der Waals surface area contributed by atoms with Crippen LogP contribution in [0.1, 0.15) is 10.4 Å². The molecule has 0 atom stereocenters. The van der Waals surface area contributed by atoms with Gasteiger partial charge in [0.05, 0.1) is 7.11 Å². The molecular weight excluding hydrogens is 286 g/mol. The molecule has 0 aromatic heterocycles. The van der Waals surface area contributed by atoms with Crippen LogP contribution in [0.5, 0.6) is 5.75 Å². The van der Waals surface area contributed by atoms with Gasteiger partial charge in [-0.15, -0.1) is 0 Å². The maximum atomic E-state index is 11.6. The smallest absolute Gasteiger partial charge is 0.341 e. The summed E-state index contributed by atoms with van der Waals surface area (Å²) in [7, 11) is 5.28. The Balaban J connectivity index is 2.79. The number of hydrogen-bond acceptors (Lipinski definition) is 4. The summed E-state index contributed by atoms with van der Waals surface area (Å²) >= 11 is 3.31. The molecular formula is C12H16BrNO3. The summed E-state index contributed by atoms with van der Waals surface area (Å²) in [4.78, 5) is 13.6. The molecule has 1 aromatic rings. The Kier molecular flexibility index (Phi) is 5.44. The monoisotopic (exact) mass is 301 g/mol. The lowest BCUT2D eigenvalue weighted by molar-refractivity contribution is 0.0595. The molecule has 4 nitrogen and oxygen atoms in total. The molecule has 1 rings (SSSR count). The fraction of sp³-hybridized carbons (Fsp3) is 0.417. The van der Waals surface area contributed by atoms with E-state index in [-0.39, 0.29) is 0 Å². The molecule has 0 aliphatic carbocycles. The van der Waals surface area contributed by atoms with Crippen molar-refractivity contribution < 1.29 is 14.3 Å². The lowest BCUT2D eigenvalue weighted by atomic mass is 10.2. The molecule has 5 heteroatoms. The van der Waals surface area contributed by atoms with E-state index in [0.29, 0.717) is 17.9 Å². The van der Waals surface area contributed by atoms with Crippen molar-refractivity contribution in [3.05, 3.63) is 28.2 Å². The second-order valence-corrected chi connectivity index (χ2v) is 4.70. The molecule has 0 radical (unpaired) electrons. The van der Waals surface area contributed by atoms with Crippen LogP contribution >= 0.6 is 15.9 Å². The van der Waals surface area contributed by atoms with Crippen molar-refractivity contribution in [1.29, 1.82) is 0 Å². The zero-order valence-corrected chi connectivity index (χ0v) is 11.8. The highest BCUT2D eigenvalue weighted by atomic mass is 79.9. The number of hydrogen-bond donors (Lipinski definition) is 0. The first-order valence-corrected chi connectivity index (χ1v) is 5.99. The van der Waals surface area contributed by atoms with E-state index in [9.17, 15) is 4.79 Å². The van der Waals surface area contributed by atoms with Gasteiger partial charge >= 0.3 is 5.97 Å². The SMILES string of the molecule is COC(=O)c1cc(Br)ccc1OCCN(C)C. The van der Waals surface area contributed by atoms with Crippen molar-refractivity contribution in [1.82, 2.24) is 4.90 Å². The predicted octanol–water partition coefficient (Wildman–Crippen LogP) is 2.18. The average molecular weight is 302 g/mol. The molecule has 0 unspecified atom stereocenters. The van der Waals surface area contributed by atoms with Crippen LogP contribution in [0.3, 0.4) is 0 Å². The summed E-state index contributed by atoms with van der Waals surface area (Å²) in [5.41, 5.74) is 0.431. The van der Waals surface area contributed by atoms with Crippen molar-refractivity contribution in [2.75, 3.05) is 34.4 Å². The molecule has 0 aliphatic heterocycles. The standard InChI is InChI=1S/C12H16BrNO3/c1-14(2)6-7-17-11-5-4-9(13)8-10(11)12(15)16-3/h4-5,8H,6-7H2,1-3H3. The number of methoxy groups -OCH3 is 1. The van der Waals surface area contributed by atoms with E-state index < -0.39 is 5.97 Å². The number of ether oxygens (including phenoxy) is 2. The summed E-state index contributed by atoms with van der Waals surface area (Å²) in [5, 5.41) is 0. The summed E-state index contributed by atoms with van der Waals surface area (Å²) in [6, 6.07) is 5.28. The van der Waals surface area contributed by atoms with Gasteiger partial charge in [0.15, 0.2) is 0 Å². The van der Waals surface area contributed by atoms with Gasteiger partial charge in [-0.3, -0.25) is 0 Å². The highest BCUT2D eigenvalue weighted by Gasteiger charge is 2.13. The van der Waals surface area contributed by atoms with Crippen molar-refractivity contribution in [3.8, 4) is 5.75 Å². The Labute approximate surface area is 110 Å². The fourth-order valence-electron chi connectivity index (χ4n) is 1.24. The van der Waals surface area contributed by atoms with Crippen LogP contribution in [0.4, 0.5) is 0 Å². The summed E-state index contributed by atoms with van der Waals surface area (Å²) in [6.07, 6.45) is 0. The Bertz CT molecular complexity index is 393. The molecule has 17 heavy (non-hydrogen) atoms. The van der Waals surface area contributed by atoms with Gasteiger partial charge in [0, 0.05) is 11.0 Å². The number of rotatable bonds is 5. The number of nitrogens with zero attached hydrogens (tertiary/aromatic N) is 1. The van der Waals surface area contributed by atoms with Crippen LogP contribution in [0, 0.1) is 0 Å². The minimum absolute atomic E-state index is 0.397. The Morgan fingerprint density at radius 2 is 2.12 bits per heavy atom. The topological polar surface area (TPSA) is 38.8 Å². The third kappa shape index (κ3) is 4.36. The lowest BCUT2D eigenvalue weighted by Gasteiger charge is -2.13. The zero-order valence-electron chi connectivity index (χ0n) is 10.2. The van der Waals surface area contributed by atoms with E-state index in [4.69, 9.17) is 9.47 Å². The highest BCUT2D eigenvalue weighted by Crippen LogP contribution is 2.23. The van der Waals surface area contributed by atoms with Crippen LogP contribution in [-0.2, 0) is 4.74 Å². The van der Waals surface area contributed by atoms with E-state index in [1.807, 2.05) is 25.1 Å². The number of benzene rings is 1. The van der Waals surface area contributed by atoms with Crippen molar-refractivity contribution in [3.63, 3.8) is 0 Å². The van der Waals surface area contributed by atoms with Gasteiger partial charge < -0.3 is 14.4 Å². The number of carbonyl (C=O) groups is 1. The van der Waals surface area contributed by atoms with Gasteiger partial charge in [-0.1, -0.05) is 15.9 Å². The molecule has 0 heterocycles. The largest absolute Gasteiger partial charge is 0.491 e. The lowest BCUT2D eigenvalue weighted by Crippen LogP contribution is -2.20. The first kappa shape index (κ1) is 14.0. The molecule has 0 aliphatic rings. The summed E-state index contributed by atoms with van der Waals surface area (Å²) in [5.74, 6) is 0.146.